The number of morpholine rings is 1. The molecule has 0 amide bonds. The topological polar surface area (TPSA) is 65.6 Å². The summed E-state index contributed by atoms with van der Waals surface area (Å²) in [4.78, 5) is 16.6. The van der Waals surface area contributed by atoms with Crippen LogP contribution in [0.4, 0.5) is 0 Å². The standard InChI is InChI=1S/C14H16N2O3/c17-14(18)10-1-2-13-11(7-10)8-12(15-13)9-16-3-5-19-6-4-16/h1-2,7-8,15H,3-6,9H2,(H,17,18). The molecule has 1 fully saturated rings. The summed E-state index contributed by atoms with van der Waals surface area (Å²) < 4.78 is 5.32. The lowest BCUT2D eigenvalue weighted by Gasteiger charge is -2.25. The average Bonchev–Trinajstić information content (AvgIpc) is 2.80. The maximum Gasteiger partial charge on any atom is 0.335 e. The second-order valence-electron chi connectivity index (χ2n) is 4.79. The normalized spacial score (nSPS) is 16.8. The van der Waals surface area contributed by atoms with Crippen molar-refractivity contribution in [1.29, 1.82) is 0 Å². The first-order valence-electron chi connectivity index (χ1n) is 6.37. The molecule has 0 atom stereocenters. The Kier molecular flexibility index (Phi) is 3.23. The van der Waals surface area contributed by atoms with Gasteiger partial charge in [-0.05, 0) is 24.3 Å². The van der Waals surface area contributed by atoms with Crippen molar-refractivity contribution in [3.8, 4) is 0 Å². The fourth-order valence-corrected chi connectivity index (χ4v) is 2.41. The molecule has 0 saturated carbocycles. The number of carbonyl (C=O) groups is 1. The van der Waals surface area contributed by atoms with Gasteiger partial charge in [-0.15, -0.1) is 0 Å². The zero-order chi connectivity index (χ0) is 13.2. The number of ether oxygens (including phenoxy) is 1. The highest BCUT2D eigenvalue weighted by molar-refractivity contribution is 5.93. The number of aromatic carboxylic acids is 1. The smallest absolute Gasteiger partial charge is 0.335 e. The minimum Gasteiger partial charge on any atom is -0.478 e. The molecule has 2 aromatic rings. The van der Waals surface area contributed by atoms with E-state index in [4.69, 9.17) is 9.84 Å². The summed E-state index contributed by atoms with van der Waals surface area (Å²) in [7, 11) is 0. The molecular formula is C14H16N2O3. The Morgan fingerprint density at radius 1 is 1.32 bits per heavy atom. The second kappa shape index (κ2) is 5.03. The highest BCUT2D eigenvalue weighted by Gasteiger charge is 2.12. The van der Waals surface area contributed by atoms with Crippen LogP contribution in [0.2, 0.25) is 0 Å². The average molecular weight is 260 g/mol. The molecule has 1 aromatic heterocycles. The number of carboxylic acid groups (broad SMARTS) is 1. The van der Waals surface area contributed by atoms with Crippen LogP contribution in [0.3, 0.4) is 0 Å². The highest BCUT2D eigenvalue weighted by Crippen LogP contribution is 2.18. The number of hydrogen-bond donors (Lipinski definition) is 2. The Labute approximate surface area is 110 Å². The van der Waals surface area contributed by atoms with Crippen LogP contribution in [0.1, 0.15) is 16.1 Å². The van der Waals surface area contributed by atoms with E-state index in [1.165, 1.54) is 0 Å². The predicted molar refractivity (Wildman–Crippen MR) is 71.4 cm³/mol. The van der Waals surface area contributed by atoms with E-state index in [-0.39, 0.29) is 0 Å². The second-order valence-corrected chi connectivity index (χ2v) is 4.79. The number of hydrogen-bond acceptors (Lipinski definition) is 3. The summed E-state index contributed by atoms with van der Waals surface area (Å²) in [5, 5.41) is 9.93. The van der Waals surface area contributed by atoms with Gasteiger partial charge in [0.1, 0.15) is 0 Å². The Bertz CT molecular complexity index is 600. The molecule has 5 heteroatoms. The number of fused-ring (bicyclic) bond motifs is 1. The molecule has 2 heterocycles. The number of H-pyrrole nitrogens is 1. The Morgan fingerprint density at radius 3 is 2.84 bits per heavy atom. The number of benzene rings is 1. The molecule has 5 nitrogen and oxygen atoms in total. The van der Waals surface area contributed by atoms with Crippen molar-refractivity contribution in [3.05, 3.63) is 35.5 Å². The van der Waals surface area contributed by atoms with Crippen molar-refractivity contribution in [3.63, 3.8) is 0 Å². The van der Waals surface area contributed by atoms with Gasteiger partial charge in [0.15, 0.2) is 0 Å². The quantitative estimate of drug-likeness (QED) is 0.881. The molecule has 1 aromatic carbocycles. The van der Waals surface area contributed by atoms with Gasteiger partial charge in [-0.2, -0.15) is 0 Å². The van der Waals surface area contributed by atoms with Crippen molar-refractivity contribution < 1.29 is 14.6 Å². The Hall–Kier alpha value is -1.85. The zero-order valence-corrected chi connectivity index (χ0v) is 10.6. The zero-order valence-electron chi connectivity index (χ0n) is 10.6. The van der Waals surface area contributed by atoms with Crippen molar-refractivity contribution in [2.45, 2.75) is 6.54 Å². The maximum absolute atomic E-state index is 10.9. The fraction of sp³-hybridized carbons (Fsp3) is 0.357. The number of carboxylic acids is 1. The van der Waals surface area contributed by atoms with Gasteiger partial charge >= 0.3 is 5.97 Å². The van der Waals surface area contributed by atoms with Gasteiger partial charge < -0.3 is 14.8 Å². The number of rotatable bonds is 3. The van der Waals surface area contributed by atoms with Crippen LogP contribution in [0.5, 0.6) is 0 Å². The first kappa shape index (κ1) is 12.2. The molecule has 0 bridgehead atoms. The molecule has 1 aliphatic heterocycles. The van der Waals surface area contributed by atoms with Gasteiger partial charge in [0, 0.05) is 36.2 Å². The Balaban J connectivity index is 1.82. The molecule has 100 valence electrons. The fourth-order valence-electron chi connectivity index (χ4n) is 2.41. The van der Waals surface area contributed by atoms with E-state index in [1.54, 1.807) is 12.1 Å². The molecule has 0 unspecified atom stereocenters. The summed E-state index contributed by atoms with van der Waals surface area (Å²) in [5.74, 6) is -0.891. The first-order chi connectivity index (χ1) is 9.22. The van der Waals surface area contributed by atoms with Crippen molar-refractivity contribution in [2.75, 3.05) is 26.3 Å². The van der Waals surface area contributed by atoms with E-state index in [2.05, 4.69) is 9.88 Å². The lowest BCUT2D eigenvalue weighted by Crippen LogP contribution is -2.35. The van der Waals surface area contributed by atoms with Crippen LogP contribution in [0, 0.1) is 0 Å². The summed E-state index contributed by atoms with van der Waals surface area (Å²) in [6.45, 7) is 4.29. The van der Waals surface area contributed by atoms with Crippen LogP contribution >= 0.6 is 0 Å². The maximum atomic E-state index is 10.9. The van der Waals surface area contributed by atoms with E-state index in [9.17, 15) is 4.79 Å². The monoisotopic (exact) mass is 260 g/mol. The minimum atomic E-state index is -0.891. The number of aromatic nitrogens is 1. The number of nitrogens with one attached hydrogen (secondary N) is 1. The van der Waals surface area contributed by atoms with Crippen molar-refractivity contribution >= 4 is 16.9 Å². The predicted octanol–water partition coefficient (Wildman–Crippen LogP) is 1.70. The summed E-state index contributed by atoms with van der Waals surface area (Å²) in [5.41, 5.74) is 2.41. The van der Waals surface area contributed by atoms with E-state index < -0.39 is 5.97 Å². The molecule has 0 radical (unpaired) electrons. The van der Waals surface area contributed by atoms with Crippen LogP contribution in [0.15, 0.2) is 24.3 Å². The highest BCUT2D eigenvalue weighted by atomic mass is 16.5. The molecular weight excluding hydrogens is 244 g/mol. The van der Waals surface area contributed by atoms with Gasteiger partial charge in [-0.3, -0.25) is 4.90 Å². The van der Waals surface area contributed by atoms with Crippen LogP contribution < -0.4 is 0 Å². The van der Waals surface area contributed by atoms with E-state index in [1.807, 2.05) is 12.1 Å². The van der Waals surface area contributed by atoms with Gasteiger partial charge in [-0.1, -0.05) is 0 Å². The molecule has 0 aliphatic carbocycles. The third-order valence-electron chi connectivity index (χ3n) is 3.42. The van der Waals surface area contributed by atoms with Gasteiger partial charge in [0.2, 0.25) is 0 Å². The van der Waals surface area contributed by atoms with Gasteiger partial charge in [0.05, 0.1) is 18.8 Å². The van der Waals surface area contributed by atoms with Crippen LogP contribution in [-0.2, 0) is 11.3 Å². The van der Waals surface area contributed by atoms with Gasteiger partial charge in [-0.25, -0.2) is 4.79 Å². The lowest BCUT2D eigenvalue weighted by atomic mass is 10.1. The molecule has 0 spiro atoms. The van der Waals surface area contributed by atoms with Crippen LogP contribution in [0.25, 0.3) is 10.9 Å². The number of nitrogens with zero attached hydrogens (tertiary/aromatic N) is 1. The molecule has 1 saturated heterocycles. The van der Waals surface area contributed by atoms with Gasteiger partial charge in [0.25, 0.3) is 0 Å². The largest absolute Gasteiger partial charge is 0.478 e. The Morgan fingerprint density at radius 2 is 2.11 bits per heavy atom. The molecule has 3 rings (SSSR count). The first-order valence-corrected chi connectivity index (χ1v) is 6.37. The van der Waals surface area contributed by atoms with E-state index in [0.717, 1.165) is 49.4 Å². The molecule has 1 aliphatic rings. The molecule has 19 heavy (non-hydrogen) atoms. The summed E-state index contributed by atoms with van der Waals surface area (Å²) in [6.07, 6.45) is 0. The number of aromatic amines is 1. The molecule has 2 N–H and O–H groups in total. The third-order valence-corrected chi connectivity index (χ3v) is 3.42. The van der Waals surface area contributed by atoms with Crippen molar-refractivity contribution in [2.24, 2.45) is 0 Å². The minimum absolute atomic E-state index is 0.324. The van der Waals surface area contributed by atoms with Crippen LogP contribution in [-0.4, -0.2) is 47.3 Å². The summed E-state index contributed by atoms with van der Waals surface area (Å²) in [6, 6.07) is 7.18. The van der Waals surface area contributed by atoms with E-state index in [0.29, 0.717) is 5.56 Å². The third kappa shape index (κ3) is 2.62. The summed E-state index contributed by atoms with van der Waals surface area (Å²) >= 11 is 0. The van der Waals surface area contributed by atoms with E-state index >= 15 is 0 Å². The SMILES string of the molecule is O=C(O)c1ccc2[nH]c(CN3CCOCC3)cc2c1. The van der Waals surface area contributed by atoms with Crippen molar-refractivity contribution in [1.82, 2.24) is 9.88 Å². The lowest BCUT2D eigenvalue weighted by molar-refractivity contribution is 0.0337.